The summed E-state index contributed by atoms with van der Waals surface area (Å²) in [5.41, 5.74) is 2.21. The SMILES string of the molecule is CC1=C(C(=O)O)C(c2cccc(Cl)c2)C(S(C)=O)=C(C)N1. The highest BCUT2D eigenvalue weighted by Gasteiger charge is 2.34. The van der Waals surface area contributed by atoms with Crippen molar-refractivity contribution in [1.82, 2.24) is 5.32 Å². The summed E-state index contributed by atoms with van der Waals surface area (Å²) >= 11 is 6.02. The number of aliphatic carboxylic acids is 1. The Morgan fingerprint density at radius 2 is 2.00 bits per heavy atom. The Kier molecular flexibility index (Phi) is 4.54. The van der Waals surface area contributed by atoms with Gasteiger partial charge < -0.3 is 10.4 Å². The van der Waals surface area contributed by atoms with Crippen LogP contribution in [-0.4, -0.2) is 21.5 Å². The molecule has 1 aromatic carbocycles. The minimum atomic E-state index is -1.29. The van der Waals surface area contributed by atoms with Crippen molar-refractivity contribution in [3.05, 3.63) is 56.7 Å². The van der Waals surface area contributed by atoms with Gasteiger partial charge in [-0.1, -0.05) is 23.7 Å². The van der Waals surface area contributed by atoms with Crippen LogP contribution in [0.1, 0.15) is 25.3 Å². The predicted molar refractivity (Wildman–Crippen MR) is 84.4 cm³/mol. The second-order valence-corrected chi connectivity index (χ2v) is 6.68. The lowest BCUT2D eigenvalue weighted by molar-refractivity contribution is -0.133. The number of allylic oxidation sites excluding steroid dienone is 3. The van der Waals surface area contributed by atoms with E-state index < -0.39 is 22.7 Å². The molecule has 0 bridgehead atoms. The lowest BCUT2D eigenvalue weighted by atomic mass is 9.86. The second kappa shape index (κ2) is 6.03. The minimum absolute atomic E-state index is 0.202. The number of dihydropyridines is 1. The molecule has 2 atom stereocenters. The average Bonchev–Trinajstić information content (AvgIpc) is 2.36. The van der Waals surface area contributed by atoms with Gasteiger partial charge in [-0.3, -0.25) is 4.21 Å². The molecule has 2 unspecified atom stereocenters. The normalized spacial score (nSPS) is 20.3. The molecule has 2 rings (SSSR count). The molecule has 2 N–H and O–H groups in total. The molecule has 6 heteroatoms. The summed E-state index contributed by atoms with van der Waals surface area (Å²) < 4.78 is 12.1. The highest BCUT2D eigenvalue weighted by Crippen LogP contribution is 2.39. The minimum Gasteiger partial charge on any atom is -0.478 e. The van der Waals surface area contributed by atoms with Gasteiger partial charge in [-0.2, -0.15) is 0 Å². The van der Waals surface area contributed by atoms with E-state index in [0.29, 0.717) is 15.6 Å². The fourth-order valence-electron chi connectivity index (χ4n) is 2.64. The lowest BCUT2D eigenvalue weighted by Crippen LogP contribution is -2.29. The first kappa shape index (κ1) is 15.8. The Labute approximate surface area is 131 Å². The summed E-state index contributed by atoms with van der Waals surface area (Å²) in [6, 6.07) is 7.01. The van der Waals surface area contributed by atoms with Crippen molar-refractivity contribution in [3.63, 3.8) is 0 Å². The topological polar surface area (TPSA) is 66.4 Å². The summed E-state index contributed by atoms with van der Waals surface area (Å²) in [4.78, 5) is 12.2. The number of hydrogen-bond donors (Lipinski definition) is 2. The molecule has 1 aromatic rings. The van der Waals surface area contributed by atoms with Crippen LogP contribution in [0.25, 0.3) is 0 Å². The van der Waals surface area contributed by atoms with E-state index in [9.17, 15) is 14.1 Å². The van der Waals surface area contributed by atoms with Gasteiger partial charge >= 0.3 is 5.97 Å². The maximum Gasteiger partial charge on any atom is 0.334 e. The Balaban J connectivity index is 2.70. The number of benzene rings is 1. The van der Waals surface area contributed by atoms with E-state index in [0.717, 1.165) is 11.3 Å². The Hall–Kier alpha value is -1.59. The molecule has 0 radical (unpaired) electrons. The second-order valence-electron chi connectivity index (χ2n) is 4.90. The molecule has 4 nitrogen and oxygen atoms in total. The van der Waals surface area contributed by atoms with Crippen molar-refractivity contribution in [2.75, 3.05) is 6.26 Å². The van der Waals surface area contributed by atoms with Gasteiger partial charge in [0.1, 0.15) is 0 Å². The molecule has 1 aliphatic rings. The molecule has 0 amide bonds. The summed E-state index contributed by atoms with van der Waals surface area (Å²) in [7, 11) is -1.29. The zero-order valence-corrected chi connectivity index (χ0v) is 13.5. The third-order valence-electron chi connectivity index (χ3n) is 3.42. The molecule has 0 aliphatic carbocycles. The first-order chi connectivity index (χ1) is 9.82. The average molecular weight is 326 g/mol. The monoisotopic (exact) mass is 325 g/mol. The van der Waals surface area contributed by atoms with Crippen molar-refractivity contribution >= 4 is 28.4 Å². The summed E-state index contributed by atoms with van der Waals surface area (Å²) in [6.07, 6.45) is 1.55. The number of carboxylic acids is 1. The van der Waals surface area contributed by atoms with Crippen LogP contribution < -0.4 is 5.32 Å². The molecule has 0 aromatic heterocycles. The molecule has 1 aliphatic heterocycles. The van der Waals surface area contributed by atoms with Crippen molar-refractivity contribution in [3.8, 4) is 0 Å². The van der Waals surface area contributed by atoms with Crippen LogP contribution in [0.15, 0.2) is 46.1 Å². The Bertz CT molecular complexity index is 658. The number of carboxylic acid groups (broad SMARTS) is 1. The molecular formula is C15H16ClNO3S. The number of halogens is 1. The van der Waals surface area contributed by atoms with E-state index in [2.05, 4.69) is 5.32 Å². The quantitative estimate of drug-likeness (QED) is 0.896. The molecule has 21 heavy (non-hydrogen) atoms. The fourth-order valence-corrected chi connectivity index (χ4v) is 3.91. The van der Waals surface area contributed by atoms with Gasteiger partial charge in [0.05, 0.1) is 11.5 Å². The van der Waals surface area contributed by atoms with Gasteiger partial charge in [-0.15, -0.1) is 0 Å². The van der Waals surface area contributed by atoms with Crippen LogP contribution in [0.5, 0.6) is 0 Å². The van der Waals surface area contributed by atoms with Gasteiger partial charge in [0.2, 0.25) is 0 Å². The van der Waals surface area contributed by atoms with Crippen LogP contribution >= 0.6 is 11.6 Å². The lowest BCUT2D eigenvalue weighted by Gasteiger charge is -2.29. The molecule has 0 fully saturated rings. The number of rotatable bonds is 3. The Morgan fingerprint density at radius 1 is 1.33 bits per heavy atom. The number of nitrogens with one attached hydrogen (secondary N) is 1. The van der Waals surface area contributed by atoms with E-state index in [-0.39, 0.29) is 5.57 Å². The van der Waals surface area contributed by atoms with Crippen LogP contribution in [0.4, 0.5) is 0 Å². The molecule has 112 valence electrons. The maximum absolute atomic E-state index is 12.1. The van der Waals surface area contributed by atoms with Gasteiger partial charge in [-0.05, 0) is 31.5 Å². The summed E-state index contributed by atoms with van der Waals surface area (Å²) in [5.74, 6) is -1.59. The largest absolute Gasteiger partial charge is 0.478 e. The van der Waals surface area contributed by atoms with Crippen LogP contribution in [0.3, 0.4) is 0 Å². The van der Waals surface area contributed by atoms with E-state index in [1.807, 2.05) is 0 Å². The van der Waals surface area contributed by atoms with Crippen molar-refractivity contribution in [2.45, 2.75) is 19.8 Å². The van der Waals surface area contributed by atoms with E-state index in [1.54, 1.807) is 44.4 Å². The zero-order valence-electron chi connectivity index (χ0n) is 11.9. The molecule has 0 saturated heterocycles. The van der Waals surface area contributed by atoms with Crippen LogP contribution in [-0.2, 0) is 15.6 Å². The van der Waals surface area contributed by atoms with Crippen LogP contribution in [0, 0.1) is 0 Å². The van der Waals surface area contributed by atoms with Crippen molar-refractivity contribution in [2.24, 2.45) is 0 Å². The molecule has 0 spiro atoms. The number of hydrogen-bond acceptors (Lipinski definition) is 3. The highest BCUT2D eigenvalue weighted by atomic mass is 35.5. The predicted octanol–water partition coefficient (Wildman–Crippen LogP) is 3.00. The van der Waals surface area contributed by atoms with E-state index >= 15 is 0 Å². The first-order valence-corrected chi connectivity index (χ1v) is 8.27. The van der Waals surface area contributed by atoms with Gasteiger partial charge in [0.25, 0.3) is 0 Å². The molecule has 1 heterocycles. The molecule has 0 saturated carbocycles. The van der Waals surface area contributed by atoms with E-state index in [4.69, 9.17) is 11.6 Å². The number of carbonyl (C=O) groups is 1. The van der Waals surface area contributed by atoms with Gasteiger partial charge in [0, 0.05) is 38.4 Å². The first-order valence-electron chi connectivity index (χ1n) is 6.33. The fraction of sp³-hybridized carbons (Fsp3) is 0.267. The standard InChI is InChI=1S/C15H16ClNO3S/c1-8-12(15(18)19)13(10-5-4-6-11(16)7-10)14(21(3)20)9(2)17-8/h4-7,13,17H,1-3H3,(H,18,19). The van der Waals surface area contributed by atoms with Gasteiger partial charge in [-0.25, -0.2) is 4.79 Å². The van der Waals surface area contributed by atoms with Gasteiger partial charge in [0.15, 0.2) is 0 Å². The summed E-state index contributed by atoms with van der Waals surface area (Å²) in [6.45, 7) is 3.51. The third kappa shape index (κ3) is 3.04. The zero-order chi connectivity index (χ0) is 15.7. The van der Waals surface area contributed by atoms with Crippen molar-refractivity contribution in [1.29, 1.82) is 0 Å². The molecular weight excluding hydrogens is 310 g/mol. The summed E-state index contributed by atoms with van der Waals surface area (Å²) in [5, 5.41) is 13.1. The third-order valence-corrected chi connectivity index (χ3v) is 4.82. The smallest absolute Gasteiger partial charge is 0.334 e. The highest BCUT2D eigenvalue weighted by molar-refractivity contribution is 7.88. The van der Waals surface area contributed by atoms with Crippen molar-refractivity contribution < 1.29 is 14.1 Å². The maximum atomic E-state index is 12.1. The Morgan fingerprint density at radius 3 is 2.52 bits per heavy atom. The van der Waals surface area contributed by atoms with E-state index in [1.165, 1.54) is 0 Å². The van der Waals surface area contributed by atoms with Crippen LogP contribution in [0.2, 0.25) is 5.02 Å².